The molecule has 0 rings (SSSR count). The van der Waals surface area contributed by atoms with Gasteiger partial charge in [0.1, 0.15) is 13.2 Å². The smallest absolute Gasteiger partial charge is 0.391 e. The van der Waals surface area contributed by atoms with Gasteiger partial charge in [0, 0.05) is 6.42 Å². The van der Waals surface area contributed by atoms with E-state index in [4.69, 9.17) is 9.05 Å². The molecular formula is C56H116N2O6P+. The van der Waals surface area contributed by atoms with Gasteiger partial charge in [-0.3, -0.25) is 13.8 Å². The number of phosphoric ester groups is 1. The van der Waals surface area contributed by atoms with Gasteiger partial charge in [0.05, 0.1) is 39.9 Å². The molecule has 390 valence electrons. The van der Waals surface area contributed by atoms with Crippen LogP contribution in [0.2, 0.25) is 0 Å². The molecule has 0 fully saturated rings. The zero-order chi connectivity index (χ0) is 47.8. The SMILES string of the molecule is CCCCCCCCCCCCCCCCCCCCCCCCCCCCC(=O)N[C@@H](COP(=O)(O)OCC[N+](C)(C)C)[C@H](O)CCCCCCCCCCCCCCCCCCC. The number of unbranched alkanes of at least 4 members (excludes halogenated alkanes) is 41. The average Bonchev–Trinajstić information content (AvgIpc) is 3.26. The zero-order valence-electron chi connectivity index (χ0n) is 44.5. The van der Waals surface area contributed by atoms with Crippen LogP contribution in [0.4, 0.5) is 0 Å². The van der Waals surface area contributed by atoms with Crippen LogP contribution in [0, 0.1) is 0 Å². The number of carbonyl (C=O) groups is 1. The topological polar surface area (TPSA) is 105 Å². The highest BCUT2D eigenvalue weighted by Gasteiger charge is 2.28. The Morgan fingerprint density at radius 2 is 0.738 bits per heavy atom. The number of rotatable bonds is 54. The van der Waals surface area contributed by atoms with Gasteiger partial charge in [0.2, 0.25) is 5.91 Å². The minimum atomic E-state index is -4.32. The van der Waals surface area contributed by atoms with Crippen LogP contribution in [-0.4, -0.2) is 73.4 Å². The van der Waals surface area contributed by atoms with Gasteiger partial charge >= 0.3 is 7.82 Å². The Kier molecular flexibility index (Phi) is 48.1. The standard InChI is InChI=1S/C56H115N2O6P/c1-6-8-10-12-14-16-18-20-22-24-25-26-27-28-29-30-31-32-34-36-38-40-42-44-46-48-50-56(60)57-54(53-64-65(61,62)63-52-51-58(3,4)5)55(59)49-47-45-43-41-39-37-35-33-23-21-19-17-15-13-11-9-7-2/h54-55,59H,6-53H2,1-5H3,(H-,57,60,61,62)/p+1/t54-,55+/m0/s1. The number of quaternary nitrogens is 1. The second kappa shape index (κ2) is 48.5. The van der Waals surface area contributed by atoms with Crippen LogP contribution in [-0.2, 0) is 18.4 Å². The summed E-state index contributed by atoms with van der Waals surface area (Å²) in [5, 5.41) is 14.1. The molecule has 0 saturated carbocycles. The van der Waals surface area contributed by atoms with E-state index in [1.54, 1.807) is 0 Å². The minimum Gasteiger partial charge on any atom is -0.391 e. The van der Waals surface area contributed by atoms with Gasteiger partial charge < -0.3 is 19.8 Å². The fourth-order valence-corrected chi connectivity index (χ4v) is 9.79. The molecule has 0 bridgehead atoms. The highest BCUT2D eigenvalue weighted by Crippen LogP contribution is 2.43. The Labute approximate surface area is 406 Å². The molecule has 0 aromatic carbocycles. The fourth-order valence-electron chi connectivity index (χ4n) is 9.05. The molecule has 1 unspecified atom stereocenters. The van der Waals surface area contributed by atoms with Gasteiger partial charge in [0.25, 0.3) is 0 Å². The van der Waals surface area contributed by atoms with Gasteiger partial charge in [0.15, 0.2) is 0 Å². The van der Waals surface area contributed by atoms with Crippen LogP contribution < -0.4 is 5.32 Å². The minimum absolute atomic E-state index is 0.0791. The lowest BCUT2D eigenvalue weighted by Crippen LogP contribution is -2.46. The summed E-state index contributed by atoms with van der Waals surface area (Å²) in [5.74, 6) is -0.136. The molecule has 0 spiro atoms. The van der Waals surface area contributed by atoms with Gasteiger partial charge in [-0.15, -0.1) is 0 Å². The number of hydrogen-bond acceptors (Lipinski definition) is 5. The van der Waals surface area contributed by atoms with E-state index in [2.05, 4.69) is 19.2 Å². The summed E-state index contributed by atoms with van der Waals surface area (Å²) in [4.78, 5) is 23.3. The van der Waals surface area contributed by atoms with E-state index in [0.717, 1.165) is 38.5 Å². The first-order valence-electron chi connectivity index (χ1n) is 28.9. The van der Waals surface area contributed by atoms with Crippen LogP contribution in [0.1, 0.15) is 303 Å². The maximum absolute atomic E-state index is 13.0. The van der Waals surface area contributed by atoms with Gasteiger partial charge in [-0.1, -0.05) is 284 Å². The highest BCUT2D eigenvalue weighted by atomic mass is 31.2. The van der Waals surface area contributed by atoms with Gasteiger partial charge in [-0.05, 0) is 12.8 Å². The van der Waals surface area contributed by atoms with Crippen molar-refractivity contribution in [2.75, 3.05) is 40.9 Å². The first-order chi connectivity index (χ1) is 31.5. The molecule has 0 aliphatic heterocycles. The first-order valence-corrected chi connectivity index (χ1v) is 30.4. The van der Waals surface area contributed by atoms with E-state index in [1.165, 1.54) is 238 Å². The third-order valence-corrected chi connectivity index (χ3v) is 14.6. The summed E-state index contributed by atoms with van der Waals surface area (Å²) in [5.41, 5.74) is 0. The van der Waals surface area contributed by atoms with Gasteiger partial charge in [-0.25, -0.2) is 4.57 Å². The van der Waals surface area contributed by atoms with Crippen molar-refractivity contribution >= 4 is 13.7 Å². The lowest BCUT2D eigenvalue weighted by molar-refractivity contribution is -0.870. The molecule has 3 N–H and O–H groups in total. The molecular weight excluding hydrogens is 828 g/mol. The maximum Gasteiger partial charge on any atom is 0.472 e. The monoisotopic (exact) mass is 944 g/mol. The second-order valence-electron chi connectivity index (χ2n) is 21.4. The quantitative estimate of drug-likeness (QED) is 0.0319. The number of likely N-dealkylation sites (N-methyl/N-ethyl adjacent to an activating group) is 1. The van der Waals surface area contributed by atoms with Crippen molar-refractivity contribution in [1.29, 1.82) is 0 Å². The number of phosphoric acid groups is 1. The average molecular weight is 945 g/mol. The van der Waals surface area contributed by atoms with Crippen LogP contribution >= 0.6 is 7.82 Å². The Morgan fingerprint density at radius 3 is 1.03 bits per heavy atom. The molecule has 3 atom stereocenters. The van der Waals surface area contributed by atoms with Crippen LogP contribution in [0.5, 0.6) is 0 Å². The summed E-state index contributed by atoms with van der Waals surface area (Å²) in [7, 11) is 1.64. The Balaban J connectivity index is 4.08. The van der Waals surface area contributed by atoms with Crippen LogP contribution in [0.3, 0.4) is 0 Å². The Morgan fingerprint density at radius 1 is 0.462 bits per heavy atom. The zero-order valence-corrected chi connectivity index (χ0v) is 45.4. The van der Waals surface area contributed by atoms with Crippen molar-refractivity contribution in [3.05, 3.63) is 0 Å². The third-order valence-electron chi connectivity index (χ3n) is 13.6. The summed E-state index contributed by atoms with van der Waals surface area (Å²) in [6.07, 6.45) is 57.3. The molecule has 0 aliphatic carbocycles. The third kappa shape index (κ3) is 51.2. The molecule has 9 heteroatoms. The van der Waals surface area contributed by atoms with E-state index in [9.17, 15) is 19.4 Å². The van der Waals surface area contributed by atoms with E-state index < -0.39 is 20.0 Å². The predicted octanol–water partition coefficient (Wildman–Crippen LogP) is 17.3. The van der Waals surface area contributed by atoms with Crippen molar-refractivity contribution in [1.82, 2.24) is 5.32 Å². The Bertz CT molecular complexity index is 1030. The molecule has 0 heterocycles. The van der Waals surface area contributed by atoms with E-state index >= 15 is 0 Å². The maximum atomic E-state index is 13.0. The number of nitrogens with one attached hydrogen (secondary N) is 1. The van der Waals surface area contributed by atoms with Crippen molar-refractivity contribution in [3.63, 3.8) is 0 Å². The number of carbonyl (C=O) groups excluding carboxylic acids is 1. The molecule has 0 saturated heterocycles. The molecule has 0 aromatic rings. The van der Waals surface area contributed by atoms with Crippen molar-refractivity contribution in [2.24, 2.45) is 0 Å². The number of hydrogen-bond donors (Lipinski definition) is 3. The molecule has 65 heavy (non-hydrogen) atoms. The summed E-state index contributed by atoms with van der Waals surface area (Å²) >= 11 is 0. The van der Waals surface area contributed by atoms with Crippen molar-refractivity contribution in [3.8, 4) is 0 Å². The van der Waals surface area contributed by atoms with Gasteiger partial charge in [-0.2, -0.15) is 0 Å². The van der Waals surface area contributed by atoms with E-state index in [1.807, 2.05) is 21.1 Å². The molecule has 1 amide bonds. The molecule has 0 aromatic heterocycles. The highest BCUT2D eigenvalue weighted by molar-refractivity contribution is 7.47. The van der Waals surface area contributed by atoms with Crippen LogP contribution in [0.15, 0.2) is 0 Å². The lowest BCUT2D eigenvalue weighted by atomic mass is 10.0. The lowest BCUT2D eigenvalue weighted by Gasteiger charge is -2.26. The van der Waals surface area contributed by atoms with Crippen LogP contribution in [0.25, 0.3) is 0 Å². The number of aliphatic hydroxyl groups excluding tert-OH is 1. The van der Waals surface area contributed by atoms with Crippen molar-refractivity contribution in [2.45, 2.75) is 315 Å². The number of amides is 1. The Hall–Kier alpha value is -0.500. The van der Waals surface area contributed by atoms with E-state index in [0.29, 0.717) is 23.9 Å². The molecule has 8 nitrogen and oxygen atoms in total. The summed E-state index contributed by atoms with van der Waals surface area (Å²) < 4.78 is 23.8. The largest absolute Gasteiger partial charge is 0.472 e. The number of nitrogens with zero attached hydrogens (tertiary/aromatic N) is 1. The summed E-state index contributed by atoms with van der Waals surface area (Å²) in [6.45, 7) is 4.94. The summed E-state index contributed by atoms with van der Waals surface area (Å²) in [6, 6.07) is -0.755. The first kappa shape index (κ1) is 64.5. The normalized spacial score (nSPS) is 13.9. The number of aliphatic hydroxyl groups is 1. The van der Waals surface area contributed by atoms with E-state index in [-0.39, 0.29) is 19.1 Å². The predicted molar refractivity (Wildman–Crippen MR) is 282 cm³/mol. The molecule has 0 radical (unpaired) electrons. The molecule has 0 aliphatic rings. The second-order valence-corrected chi connectivity index (χ2v) is 22.8. The fraction of sp³-hybridized carbons (Fsp3) is 0.982. The van der Waals surface area contributed by atoms with Crippen molar-refractivity contribution < 1.29 is 32.9 Å².